The third-order valence-electron chi connectivity index (χ3n) is 3.98. The van der Waals surface area contributed by atoms with Crippen LogP contribution in [0.1, 0.15) is 48.9 Å². The molecule has 0 aliphatic heterocycles. The van der Waals surface area contributed by atoms with Crippen LogP contribution in [0.4, 0.5) is 0 Å². The van der Waals surface area contributed by atoms with Gasteiger partial charge in [-0.05, 0) is 18.1 Å². The highest BCUT2D eigenvalue weighted by Crippen LogP contribution is 2.38. The van der Waals surface area contributed by atoms with Crippen molar-refractivity contribution in [3.05, 3.63) is 22.7 Å². The summed E-state index contributed by atoms with van der Waals surface area (Å²) in [7, 11) is 3.07. The van der Waals surface area contributed by atoms with Gasteiger partial charge in [-0.15, -0.1) is 0 Å². The standard InChI is InChI=1S/C16H21ClO3/c1-19-14-9-8-12(16(20-2)15(14)17)13(18)10-11-6-4-3-5-7-11/h8-9,11H,3-7,10H2,1-2H3. The fourth-order valence-electron chi connectivity index (χ4n) is 2.88. The Balaban J connectivity index is 2.18. The van der Waals surface area contributed by atoms with Crippen molar-refractivity contribution >= 4 is 17.4 Å². The first-order valence-electron chi connectivity index (χ1n) is 7.11. The van der Waals surface area contributed by atoms with Gasteiger partial charge in [0, 0.05) is 6.42 Å². The number of ketones is 1. The van der Waals surface area contributed by atoms with Crippen LogP contribution in [0.5, 0.6) is 11.5 Å². The highest BCUT2D eigenvalue weighted by molar-refractivity contribution is 6.34. The summed E-state index contributed by atoms with van der Waals surface area (Å²) in [5.41, 5.74) is 0.559. The van der Waals surface area contributed by atoms with Crippen molar-refractivity contribution in [2.45, 2.75) is 38.5 Å². The highest BCUT2D eigenvalue weighted by Gasteiger charge is 2.22. The van der Waals surface area contributed by atoms with E-state index in [1.165, 1.54) is 26.4 Å². The number of carbonyl (C=O) groups is 1. The topological polar surface area (TPSA) is 35.5 Å². The second kappa shape index (κ2) is 6.98. The zero-order valence-corrected chi connectivity index (χ0v) is 12.8. The molecule has 3 nitrogen and oxygen atoms in total. The predicted molar refractivity (Wildman–Crippen MR) is 80.1 cm³/mol. The minimum Gasteiger partial charge on any atom is -0.495 e. The molecule has 1 aromatic carbocycles. The first-order chi connectivity index (χ1) is 9.67. The highest BCUT2D eigenvalue weighted by atomic mass is 35.5. The zero-order valence-electron chi connectivity index (χ0n) is 12.1. The van der Waals surface area contributed by atoms with Crippen LogP contribution < -0.4 is 9.47 Å². The van der Waals surface area contributed by atoms with Crippen LogP contribution in [0.3, 0.4) is 0 Å². The maximum absolute atomic E-state index is 12.5. The van der Waals surface area contributed by atoms with Crippen LogP contribution in [0.25, 0.3) is 0 Å². The molecule has 0 bridgehead atoms. The molecule has 1 saturated carbocycles. The summed E-state index contributed by atoms with van der Waals surface area (Å²) in [4.78, 5) is 12.5. The number of benzene rings is 1. The van der Waals surface area contributed by atoms with Crippen molar-refractivity contribution in [3.8, 4) is 11.5 Å². The summed E-state index contributed by atoms with van der Waals surface area (Å²) in [6.45, 7) is 0. The van der Waals surface area contributed by atoms with Crippen molar-refractivity contribution in [2.75, 3.05) is 14.2 Å². The van der Waals surface area contributed by atoms with Gasteiger partial charge in [0.1, 0.15) is 10.8 Å². The van der Waals surface area contributed by atoms with Crippen molar-refractivity contribution < 1.29 is 14.3 Å². The van der Waals surface area contributed by atoms with E-state index in [9.17, 15) is 4.79 Å². The molecule has 0 amide bonds. The Labute approximate surface area is 125 Å². The number of Topliss-reactive ketones (excluding diaryl/α,β-unsaturated/α-hetero) is 1. The van der Waals surface area contributed by atoms with Crippen molar-refractivity contribution in [3.63, 3.8) is 0 Å². The van der Waals surface area contributed by atoms with E-state index < -0.39 is 0 Å². The van der Waals surface area contributed by atoms with Gasteiger partial charge in [0.05, 0.1) is 19.8 Å². The van der Waals surface area contributed by atoms with Crippen LogP contribution in [0.2, 0.25) is 5.02 Å². The van der Waals surface area contributed by atoms with Crippen LogP contribution in [-0.2, 0) is 0 Å². The van der Waals surface area contributed by atoms with Crippen molar-refractivity contribution in [1.82, 2.24) is 0 Å². The van der Waals surface area contributed by atoms with E-state index in [1.54, 1.807) is 19.2 Å². The Bertz CT molecular complexity index is 479. The number of rotatable bonds is 5. The number of ether oxygens (including phenoxy) is 2. The third-order valence-corrected chi connectivity index (χ3v) is 4.34. The van der Waals surface area contributed by atoms with E-state index in [-0.39, 0.29) is 5.78 Å². The van der Waals surface area contributed by atoms with Gasteiger partial charge in [-0.25, -0.2) is 0 Å². The van der Waals surface area contributed by atoms with Gasteiger partial charge in [-0.3, -0.25) is 4.79 Å². The molecule has 1 aliphatic carbocycles. The number of methoxy groups -OCH3 is 2. The van der Waals surface area contributed by atoms with Crippen LogP contribution >= 0.6 is 11.6 Å². The van der Waals surface area contributed by atoms with Gasteiger partial charge in [0.15, 0.2) is 11.5 Å². The van der Waals surface area contributed by atoms with E-state index in [4.69, 9.17) is 21.1 Å². The van der Waals surface area contributed by atoms with Gasteiger partial charge in [-0.1, -0.05) is 43.7 Å². The van der Waals surface area contributed by atoms with E-state index in [2.05, 4.69) is 0 Å². The van der Waals surface area contributed by atoms with E-state index >= 15 is 0 Å². The fourth-order valence-corrected chi connectivity index (χ4v) is 3.20. The summed E-state index contributed by atoms with van der Waals surface area (Å²) < 4.78 is 10.4. The van der Waals surface area contributed by atoms with E-state index in [0.29, 0.717) is 34.4 Å². The number of halogens is 1. The first kappa shape index (κ1) is 15.2. The summed E-state index contributed by atoms with van der Waals surface area (Å²) in [5, 5.41) is 0.365. The molecular formula is C16H21ClO3. The lowest BCUT2D eigenvalue weighted by molar-refractivity contribution is 0.0947. The molecule has 0 heterocycles. The number of carbonyl (C=O) groups excluding carboxylic acids is 1. The summed E-state index contributed by atoms with van der Waals surface area (Å²) in [6.07, 6.45) is 6.65. The molecular weight excluding hydrogens is 276 g/mol. The smallest absolute Gasteiger partial charge is 0.166 e. The predicted octanol–water partition coefficient (Wildman–Crippen LogP) is 4.51. The molecule has 110 valence electrons. The van der Waals surface area contributed by atoms with Crippen molar-refractivity contribution in [2.24, 2.45) is 5.92 Å². The monoisotopic (exact) mass is 296 g/mol. The fraction of sp³-hybridized carbons (Fsp3) is 0.562. The second-order valence-electron chi connectivity index (χ2n) is 5.29. The van der Waals surface area contributed by atoms with Gasteiger partial charge in [0.2, 0.25) is 0 Å². The molecule has 0 radical (unpaired) electrons. The van der Waals surface area contributed by atoms with Gasteiger partial charge < -0.3 is 9.47 Å². The maximum Gasteiger partial charge on any atom is 0.166 e. The Morgan fingerprint density at radius 3 is 2.50 bits per heavy atom. The Morgan fingerprint density at radius 2 is 1.90 bits per heavy atom. The molecule has 0 N–H and O–H groups in total. The Hall–Kier alpha value is -1.22. The molecule has 1 aromatic rings. The molecule has 0 saturated heterocycles. The second-order valence-corrected chi connectivity index (χ2v) is 5.67. The van der Waals surface area contributed by atoms with Gasteiger partial charge in [0.25, 0.3) is 0 Å². The maximum atomic E-state index is 12.5. The summed E-state index contributed by atoms with van der Waals surface area (Å²) >= 11 is 6.20. The minimum absolute atomic E-state index is 0.110. The third kappa shape index (κ3) is 3.26. The normalized spacial score (nSPS) is 15.9. The number of hydrogen-bond donors (Lipinski definition) is 0. The molecule has 0 aromatic heterocycles. The molecule has 0 atom stereocenters. The Morgan fingerprint density at radius 1 is 1.20 bits per heavy atom. The van der Waals surface area contributed by atoms with Gasteiger partial charge >= 0.3 is 0 Å². The number of hydrogen-bond acceptors (Lipinski definition) is 3. The summed E-state index contributed by atoms with van der Waals surface area (Å²) in [6, 6.07) is 3.47. The molecule has 4 heteroatoms. The summed E-state index contributed by atoms with van der Waals surface area (Å²) in [5.74, 6) is 1.56. The molecule has 1 aliphatic rings. The van der Waals surface area contributed by atoms with Crippen LogP contribution in [0.15, 0.2) is 12.1 Å². The molecule has 2 rings (SSSR count). The molecule has 0 unspecified atom stereocenters. The molecule has 20 heavy (non-hydrogen) atoms. The van der Waals surface area contributed by atoms with Crippen LogP contribution in [0, 0.1) is 5.92 Å². The van der Waals surface area contributed by atoms with Crippen molar-refractivity contribution in [1.29, 1.82) is 0 Å². The lowest BCUT2D eigenvalue weighted by atomic mass is 9.84. The SMILES string of the molecule is COc1ccc(C(=O)CC2CCCCC2)c(OC)c1Cl. The zero-order chi connectivity index (χ0) is 14.5. The lowest BCUT2D eigenvalue weighted by Gasteiger charge is -2.21. The quantitative estimate of drug-likeness (QED) is 0.750. The largest absolute Gasteiger partial charge is 0.495 e. The lowest BCUT2D eigenvalue weighted by Crippen LogP contribution is -2.13. The average molecular weight is 297 g/mol. The Kier molecular flexibility index (Phi) is 5.30. The van der Waals surface area contributed by atoms with Gasteiger partial charge in [-0.2, -0.15) is 0 Å². The van der Waals surface area contributed by atoms with E-state index in [0.717, 1.165) is 12.8 Å². The minimum atomic E-state index is 0.110. The first-order valence-corrected chi connectivity index (χ1v) is 7.48. The molecule has 1 fully saturated rings. The average Bonchev–Trinajstić information content (AvgIpc) is 2.47. The van der Waals surface area contributed by atoms with Crippen LogP contribution in [-0.4, -0.2) is 20.0 Å². The molecule has 0 spiro atoms. The van der Waals surface area contributed by atoms with E-state index in [1.807, 2.05) is 0 Å².